The average molecular weight is 601 g/mol. The van der Waals surface area contributed by atoms with E-state index >= 15 is 0 Å². The third-order valence-electron chi connectivity index (χ3n) is 5.97. The summed E-state index contributed by atoms with van der Waals surface area (Å²) in [5, 5.41) is 2.86. The molecular weight excluding hydrogens is 566 g/mol. The van der Waals surface area contributed by atoms with Crippen LogP contribution in [0.5, 0.6) is 0 Å². The van der Waals surface area contributed by atoms with Gasteiger partial charge in [-0.25, -0.2) is 8.42 Å². The number of carbonyl (C=O) groups is 2. The van der Waals surface area contributed by atoms with Crippen LogP contribution in [0.2, 0.25) is 0 Å². The number of benzene rings is 3. The molecule has 3 aromatic carbocycles. The van der Waals surface area contributed by atoms with Crippen LogP contribution in [-0.2, 0) is 26.2 Å². The van der Waals surface area contributed by atoms with E-state index in [1.165, 1.54) is 17.0 Å². The molecule has 38 heavy (non-hydrogen) atoms. The van der Waals surface area contributed by atoms with Gasteiger partial charge in [0.15, 0.2) is 0 Å². The van der Waals surface area contributed by atoms with Crippen LogP contribution >= 0.6 is 15.9 Å². The minimum Gasteiger partial charge on any atom is -0.352 e. The number of carbonyl (C=O) groups excluding carboxylic acids is 2. The summed E-state index contributed by atoms with van der Waals surface area (Å²) in [6, 6.07) is 20.0. The molecule has 3 aromatic rings. The summed E-state index contributed by atoms with van der Waals surface area (Å²) < 4.78 is 29.7. The number of rotatable bonds is 10. The van der Waals surface area contributed by atoms with Gasteiger partial charge in [0.2, 0.25) is 11.8 Å². The Balaban J connectivity index is 2.05. The number of hydrogen-bond donors (Lipinski definition) is 1. The van der Waals surface area contributed by atoms with E-state index < -0.39 is 28.5 Å². The Bertz CT molecular complexity index is 1360. The number of nitrogens with zero attached hydrogens (tertiary/aromatic N) is 2. The van der Waals surface area contributed by atoms with Crippen LogP contribution in [0, 0.1) is 13.8 Å². The fraction of sp³-hybridized carbons (Fsp3) is 0.310. The lowest BCUT2D eigenvalue weighted by atomic mass is 10.1. The Labute approximate surface area is 234 Å². The van der Waals surface area contributed by atoms with Crippen molar-refractivity contribution in [3.63, 3.8) is 0 Å². The maximum absolute atomic E-state index is 13.9. The van der Waals surface area contributed by atoms with E-state index in [1.54, 1.807) is 37.3 Å². The Morgan fingerprint density at radius 3 is 2.03 bits per heavy atom. The van der Waals surface area contributed by atoms with Gasteiger partial charge in [-0.3, -0.25) is 13.9 Å². The predicted octanol–water partition coefficient (Wildman–Crippen LogP) is 5.20. The van der Waals surface area contributed by atoms with Crippen LogP contribution in [0.25, 0.3) is 0 Å². The lowest BCUT2D eigenvalue weighted by Crippen LogP contribution is -2.52. The molecule has 7 nitrogen and oxygen atoms in total. The lowest BCUT2D eigenvalue weighted by molar-refractivity contribution is -0.139. The monoisotopic (exact) mass is 599 g/mol. The SMILES string of the molecule is Cc1cc(C)cc(N(CC(=O)N(Cc2ccc(Br)cc2)C(C)C(=O)NC(C)C)S(=O)(=O)c2ccccc2)c1. The molecule has 0 aliphatic rings. The standard InChI is InChI=1S/C29H34BrN3O4S/c1-20(2)31-29(35)23(5)32(18-24-11-13-25(30)14-12-24)28(34)19-33(26-16-21(3)15-22(4)17-26)38(36,37)27-9-7-6-8-10-27/h6-17,20,23H,18-19H2,1-5H3,(H,31,35). The summed E-state index contributed by atoms with van der Waals surface area (Å²) >= 11 is 3.42. The zero-order valence-electron chi connectivity index (χ0n) is 22.3. The molecule has 2 amide bonds. The van der Waals surface area contributed by atoms with Crippen molar-refractivity contribution < 1.29 is 18.0 Å². The zero-order chi connectivity index (χ0) is 28.0. The van der Waals surface area contributed by atoms with Gasteiger partial charge in [-0.1, -0.05) is 52.3 Å². The molecule has 1 unspecified atom stereocenters. The number of halogens is 1. The van der Waals surface area contributed by atoms with Crippen LogP contribution in [-0.4, -0.2) is 43.8 Å². The first-order valence-electron chi connectivity index (χ1n) is 12.4. The van der Waals surface area contributed by atoms with Crippen molar-refractivity contribution in [1.82, 2.24) is 10.2 Å². The first kappa shape index (κ1) is 29.4. The summed E-state index contributed by atoms with van der Waals surface area (Å²) in [6.07, 6.45) is 0. The maximum Gasteiger partial charge on any atom is 0.264 e. The summed E-state index contributed by atoms with van der Waals surface area (Å²) in [5.74, 6) is -0.799. The molecular formula is C29H34BrN3O4S. The molecule has 0 saturated heterocycles. The van der Waals surface area contributed by atoms with E-state index in [4.69, 9.17) is 0 Å². The summed E-state index contributed by atoms with van der Waals surface area (Å²) in [4.78, 5) is 28.4. The molecule has 202 valence electrons. The third-order valence-corrected chi connectivity index (χ3v) is 8.29. The minimum absolute atomic E-state index is 0.0806. The molecule has 0 spiro atoms. The summed E-state index contributed by atoms with van der Waals surface area (Å²) in [6.45, 7) is 8.79. The molecule has 0 aliphatic heterocycles. The van der Waals surface area contributed by atoms with Gasteiger partial charge in [-0.2, -0.15) is 0 Å². The average Bonchev–Trinajstić information content (AvgIpc) is 2.85. The second-order valence-electron chi connectivity index (χ2n) is 9.66. The first-order valence-corrected chi connectivity index (χ1v) is 14.6. The fourth-order valence-electron chi connectivity index (χ4n) is 4.12. The summed E-state index contributed by atoms with van der Waals surface area (Å²) in [7, 11) is -4.08. The van der Waals surface area contributed by atoms with Crippen LogP contribution < -0.4 is 9.62 Å². The second-order valence-corrected chi connectivity index (χ2v) is 12.4. The van der Waals surface area contributed by atoms with Gasteiger partial charge in [0.25, 0.3) is 10.0 Å². The number of aryl methyl sites for hydroxylation is 2. The van der Waals surface area contributed by atoms with Crippen molar-refractivity contribution >= 4 is 43.5 Å². The van der Waals surface area contributed by atoms with E-state index in [2.05, 4.69) is 21.2 Å². The summed E-state index contributed by atoms with van der Waals surface area (Å²) in [5.41, 5.74) is 2.95. The predicted molar refractivity (Wildman–Crippen MR) is 154 cm³/mol. The number of sulfonamides is 1. The Morgan fingerprint density at radius 2 is 1.47 bits per heavy atom. The smallest absolute Gasteiger partial charge is 0.264 e. The van der Waals surface area contributed by atoms with Crippen LogP contribution in [0.15, 0.2) is 82.2 Å². The third kappa shape index (κ3) is 7.45. The van der Waals surface area contributed by atoms with Crippen molar-refractivity contribution in [2.24, 2.45) is 0 Å². The van der Waals surface area contributed by atoms with Gasteiger partial charge in [0.1, 0.15) is 12.6 Å². The first-order chi connectivity index (χ1) is 17.9. The maximum atomic E-state index is 13.9. The number of amides is 2. The van der Waals surface area contributed by atoms with Gasteiger partial charge >= 0.3 is 0 Å². The van der Waals surface area contributed by atoms with Gasteiger partial charge in [-0.05, 0) is 87.7 Å². The molecule has 1 atom stereocenters. The number of nitrogens with one attached hydrogen (secondary N) is 1. The molecule has 9 heteroatoms. The molecule has 0 radical (unpaired) electrons. The number of anilines is 1. The zero-order valence-corrected chi connectivity index (χ0v) is 24.7. The lowest BCUT2D eigenvalue weighted by Gasteiger charge is -2.32. The number of hydrogen-bond acceptors (Lipinski definition) is 4. The van der Waals surface area contributed by atoms with Crippen molar-refractivity contribution in [1.29, 1.82) is 0 Å². The molecule has 0 saturated carbocycles. The highest BCUT2D eigenvalue weighted by atomic mass is 79.9. The highest BCUT2D eigenvalue weighted by Crippen LogP contribution is 2.26. The molecule has 0 heterocycles. The molecule has 0 bridgehead atoms. The molecule has 0 fully saturated rings. The van der Waals surface area contributed by atoms with Gasteiger partial charge in [-0.15, -0.1) is 0 Å². The van der Waals surface area contributed by atoms with Crippen molar-refractivity contribution in [2.45, 2.75) is 58.1 Å². The van der Waals surface area contributed by atoms with Crippen LogP contribution in [0.4, 0.5) is 5.69 Å². The van der Waals surface area contributed by atoms with Crippen LogP contribution in [0.1, 0.15) is 37.5 Å². The van der Waals surface area contributed by atoms with Crippen molar-refractivity contribution in [2.75, 3.05) is 10.8 Å². The molecule has 0 aliphatic carbocycles. The normalized spacial score (nSPS) is 12.2. The van der Waals surface area contributed by atoms with Crippen molar-refractivity contribution in [3.8, 4) is 0 Å². The largest absolute Gasteiger partial charge is 0.352 e. The van der Waals surface area contributed by atoms with Gasteiger partial charge in [0, 0.05) is 17.1 Å². The Morgan fingerprint density at radius 1 is 0.895 bits per heavy atom. The minimum atomic E-state index is -4.08. The Hall–Kier alpha value is -3.17. The van der Waals surface area contributed by atoms with Gasteiger partial charge < -0.3 is 10.2 Å². The molecule has 0 aromatic heterocycles. The Kier molecular flexibility index (Phi) is 9.73. The topological polar surface area (TPSA) is 86.8 Å². The van der Waals surface area contributed by atoms with E-state index in [1.807, 2.05) is 58.0 Å². The second kappa shape index (κ2) is 12.6. The van der Waals surface area contributed by atoms with E-state index in [-0.39, 0.29) is 23.4 Å². The quantitative estimate of drug-likeness (QED) is 0.347. The van der Waals surface area contributed by atoms with E-state index in [0.717, 1.165) is 25.5 Å². The molecule has 3 rings (SSSR count). The van der Waals surface area contributed by atoms with Crippen molar-refractivity contribution in [3.05, 3.63) is 94.0 Å². The van der Waals surface area contributed by atoms with E-state index in [9.17, 15) is 18.0 Å². The van der Waals surface area contributed by atoms with E-state index in [0.29, 0.717) is 5.69 Å². The fourth-order valence-corrected chi connectivity index (χ4v) is 5.80. The highest BCUT2D eigenvalue weighted by Gasteiger charge is 2.32. The van der Waals surface area contributed by atoms with Gasteiger partial charge in [0.05, 0.1) is 10.6 Å². The molecule has 1 N–H and O–H groups in total. The highest BCUT2D eigenvalue weighted by molar-refractivity contribution is 9.10. The van der Waals surface area contributed by atoms with Crippen LogP contribution in [0.3, 0.4) is 0 Å².